The lowest BCUT2D eigenvalue weighted by atomic mass is 9.99. The molecule has 3 nitrogen and oxygen atoms in total. The van der Waals surface area contributed by atoms with Crippen LogP contribution in [0.15, 0.2) is 80.1 Å². The summed E-state index contributed by atoms with van der Waals surface area (Å²) in [6, 6.07) is 12.8. The third-order valence-electron chi connectivity index (χ3n) is 4.26. The van der Waals surface area contributed by atoms with Gasteiger partial charge in [0.15, 0.2) is 11.6 Å². The van der Waals surface area contributed by atoms with Gasteiger partial charge >= 0.3 is 5.97 Å². The minimum atomic E-state index is -0.694. The maximum absolute atomic E-state index is 14.7. The summed E-state index contributed by atoms with van der Waals surface area (Å²) < 4.78 is 25.1. The van der Waals surface area contributed by atoms with Crippen LogP contribution in [0.1, 0.15) is 5.56 Å². The van der Waals surface area contributed by atoms with E-state index in [1.165, 1.54) is 6.07 Å². The van der Waals surface area contributed by atoms with Gasteiger partial charge in [0.2, 0.25) is 0 Å². The van der Waals surface area contributed by atoms with Crippen LogP contribution < -0.4 is 4.74 Å². The molecule has 0 aliphatic carbocycles. The lowest BCUT2D eigenvalue weighted by Gasteiger charge is -2.10. The summed E-state index contributed by atoms with van der Waals surface area (Å²) in [6.07, 6.45) is 3.30. The number of fused-ring (bicyclic) bond motifs is 3. The third-order valence-corrected chi connectivity index (χ3v) is 4.26. The second-order valence-corrected chi connectivity index (χ2v) is 5.99. The molecule has 3 aromatic carbocycles. The van der Waals surface area contributed by atoms with Crippen molar-refractivity contribution in [3.05, 3.63) is 91.5 Å². The molecule has 0 fully saturated rings. The zero-order chi connectivity index (χ0) is 19.4. The Hall–Kier alpha value is -3.40. The first-order valence-corrected chi connectivity index (χ1v) is 8.45. The van der Waals surface area contributed by atoms with E-state index in [4.69, 9.17) is 9.47 Å². The molecule has 0 amide bonds. The number of rotatable bonds is 7. The average Bonchev–Trinajstić information content (AvgIpc) is 2.69. The first kappa shape index (κ1) is 18.4. The van der Waals surface area contributed by atoms with E-state index in [0.717, 1.165) is 34.2 Å². The zero-order valence-corrected chi connectivity index (χ0v) is 14.8. The van der Waals surface area contributed by atoms with Crippen LogP contribution in [-0.4, -0.2) is 12.6 Å². The second kappa shape index (κ2) is 7.87. The molecule has 0 N–H and O–H groups in total. The molecule has 0 spiro atoms. The molecule has 3 rings (SSSR count). The van der Waals surface area contributed by atoms with E-state index >= 15 is 0 Å². The van der Waals surface area contributed by atoms with E-state index in [0.29, 0.717) is 17.8 Å². The lowest BCUT2D eigenvalue weighted by molar-refractivity contribution is -0.129. The van der Waals surface area contributed by atoms with Crippen LogP contribution in [0.25, 0.3) is 21.5 Å². The topological polar surface area (TPSA) is 35.5 Å². The number of carbonyl (C=O) groups excluding carboxylic acids is 1. The van der Waals surface area contributed by atoms with Crippen LogP contribution in [0.4, 0.5) is 4.39 Å². The van der Waals surface area contributed by atoms with Gasteiger partial charge in [-0.25, -0.2) is 9.18 Å². The van der Waals surface area contributed by atoms with Crippen molar-refractivity contribution in [2.45, 2.75) is 6.42 Å². The Bertz CT molecular complexity index is 1070. The molecule has 0 saturated heterocycles. The smallest absolute Gasteiger partial charge is 0.335 e. The highest BCUT2D eigenvalue weighted by atomic mass is 19.1. The van der Waals surface area contributed by atoms with Gasteiger partial charge in [-0.2, -0.15) is 0 Å². The van der Waals surface area contributed by atoms with E-state index in [-0.39, 0.29) is 5.75 Å². The molecular formula is C23H19FO3. The molecule has 0 heterocycles. The highest BCUT2D eigenvalue weighted by molar-refractivity contribution is 6.08. The Labute approximate surface area is 157 Å². The number of benzene rings is 3. The van der Waals surface area contributed by atoms with Crippen molar-refractivity contribution < 1.29 is 18.7 Å². The van der Waals surface area contributed by atoms with Crippen molar-refractivity contribution in [2.75, 3.05) is 6.61 Å². The molecule has 0 bridgehead atoms. The fourth-order valence-corrected chi connectivity index (χ4v) is 2.88. The highest BCUT2D eigenvalue weighted by Gasteiger charge is 2.13. The molecule has 0 radical (unpaired) electrons. The average molecular weight is 362 g/mol. The van der Waals surface area contributed by atoms with Gasteiger partial charge in [0.1, 0.15) is 5.76 Å². The van der Waals surface area contributed by atoms with Crippen molar-refractivity contribution in [2.24, 2.45) is 0 Å². The minimum Gasteiger partial charge on any atom is -0.494 e. The van der Waals surface area contributed by atoms with E-state index in [1.54, 1.807) is 18.2 Å². The number of halogens is 1. The van der Waals surface area contributed by atoms with Crippen LogP contribution in [0, 0.1) is 5.82 Å². The van der Waals surface area contributed by atoms with Crippen molar-refractivity contribution >= 4 is 27.5 Å². The van der Waals surface area contributed by atoms with E-state index in [1.807, 2.05) is 18.2 Å². The summed E-state index contributed by atoms with van der Waals surface area (Å²) in [5, 5.41) is 3.08. The fraction of sp³-hybridized carbons (Fsp3) is 0.0870. The predicted octanol–water partition coefficient (Wildman–Crippen LogP) is 5.48. The molecule has 0 aliphatic heterocycles. The summed E-state index contributed by atoms with van der Waals surface area (Å²) in [5.41, 5.74) is 1.11. The molecule has 0 unspecified atom stereocenters. The monoisotopic (exact) mass is 362 g/mol. The van der Waals surface area contributed by atoms with Crippen LogP contribution in [0.3, 0.4) is 0 Å². The molecule has 0 saturated carbocycles. The number of ether oxygens (including phenoxy) is 2. The summed E-state index contributed by atoms with van der Waals surface area (Å²) in [4.78, 5) is 11.3. The maximum atomic E-state index is 14.7. The molecular weight excluding hydrogens is 343 g/mol. The molecule has 0 aromatic heterocycles. The van der Waals surface area contributed by atoms with Gasteiger partial charge in [-0.05, 0) is 39.9 Å². The van der Waals surface area contributed by atoms with Gasteiger partial charge in [-0.15, -0.1) is 0 Å². The summed E-state index contributed by atoms with van der Waals surface area (Å²) in [5.74, 6) is -0.821. The Morgan fingerprint density at radius 1 is 1.00 bits per heavy atom. The van der Waals surface area contributed by atoms with Crippen LogP contribution in [0.2, 0.25) is 0 Å². The van der Waals surface area contributed by atoms with Crippen molar-refractivity contribution in [3.63, 3.8) is 0 Å². The van der Waals surface area contributed by atoms with E-state index in [9.17, 15) is 9.18 Å². The summed E-state index contributed by atoms with van der Waals surface area (Å²) >= 11 is 0. The van der Waals surface area contributed by atoms with Gasteiger partial charge in [0, 0.05) is 17.9 Å². The van der Waals surface area contributed by atoms with Gasteiger partial charge in [-0.1, -0.05) is 50.1 Å². The molecule has 27 heavy (non-hydrogen) atoms. The molecule has 4 heteroatoms. The normalized spacial score (nSPS) is 10.6. The van der Waals surface area contributed by atoms with Crippen LogP contribution in [-0.2, 0) is 16.0 Å². The summed E-state index contributed by atoms with van der Waals surface area (Å²) in [6.45, 7) is 11.1. The fourth-order valence-electron chi connectivity index (χ4n) is 2.88. The quantitative estimate of drug-likeness (QED) is 0.139. The van der Waals surface area contributed by atoms with Gasteiger partial charge in [-0.3, -0.25) is 0 Å². The predicted molar refractivity (Wildman–Crippen MR) is 106 cm³/mol. The van der Waals surface area contributed by atoms with Crippen molar-refractivity contribution in [1.82, 2.24) is 0 Å². The largest absolute Gasteiger partial charge is 0.494 e. The number of esters is 1. The molecule has 0 aliphatic rings. The Morgan fingerprint density at radius 3 is 2.48 bits per heavy atom. The SMILES string of the molecule is C=CC(=C)OCCc1ccc2c(ccc3c(F)c(OC(=O)C=C)ccc32)c1. The minimum absolute atomic E-state index is 0.108. The molecule has 0 atom stereocenters. The highest BCUT2D eigenvalue weighted by Crippen LogP contribution is 2.32. The van der Waals surface area contributed by atoms with Gasteiger partial charge in [0.05, 0.1) is 6.61 Å². The standard InChI is InChI=1S/C23H19FO3/c1-4-15(3)26-13-12-16-6-8-18-17(14-16)7-9-20-19(18)10-11-21(23(20)24)27-22(25)5-2/h4-11,14H,1-3,12-13H2. The van der Waals surface area contributed by atoms with Crippen molar-refractivity contribution in [1.29, 1.82) is 0 Å². The second-order valence-electron chi connectivity index (χ2n) is 5.99. The Morgan fingerprint density at radius 2 is 1.74 bits per heavy atom. The number of carbonyl (C=O) groups is 1. The van der Waals surface area contributed by atoms with Crippen molar-refractivity contribution in [3.8, 4) is 5.75 Å². The maximum Gasteiger partial charge on any atom is 0.335 e. The van der Waals surface area contributed by atoms with Crippen LogP contribution >= 0.6 is 0 Å². The number of allylic oxidation sites excluding steroid dienone is 1. The number of hydrogen-bond acceptors (Lipinski definition) is 3. The number of hydrogen-bond donors (Lipinski definition) is 0. The van der Waals surface area contributed by atoms with Gasteiger partial charge in [0.25, 0.3) is 0 Å². The molecule has 136 valence electrons. The van der Waals surface area contributed by atoms with E-state index < -0.39 is 11.8 Å². The zero-order valence-electron chi connectivity index (χ0n) is 14.8. The third kappa shape index (κ3) is 3.90. The molecule has 3 aromatic rings. The summed E-state index contributed by atoms with van der Waals surface area (Å²) in [7, 11) is 0. The Kier molecular flexibility index (Phi) is 5.36. The first-order valence-electron chi connectivity index (χ1n) is 8.45. The first-order chi connectivity index (χ1) is 13.0. The van der Waals surface area contributed by atoms with E-state index in [2.05, 4.69) is 25.8 Å². The Balaban J connectivity index is 1.93. The lowest BCUT2D eigenvalue weighted by Crippen LogP contribution is -2.04. The van der Waals surface area contributed by atoms with Gasteiger partial charge < -0.3 is 9.47 Å². The van der Waals surface area contributed by atoms with Crippen LogP contribution in [0.5, 0.6) is 5.75 Å².